The van der Waals surface area contributed by atoms with Gasteiger partial charge in [-0.25, -0.2) is 4.99 Å². The lowest BCUT2D eigenvalue weighted by atomic mass is 10.4. The molecule has 0 aliphatic carbocycles. The van der Waals surface area contributed by atoms with Crippen molar-refractivity contribution in [3.63, 3.8) is 0 Å². The molecular formula is C9H16N4OS2. The molecule has 0 bridgehead atoms. The lowest BCUT2D eigenvalue weighted by molar-refractivity contribution is -0.118. The van der Waals surface area contributed by atoms with Crippen molar-refractivity contribution in [3.05, 3.63) is 11.5 Å². The minimum absolute atomic E-state index is 0.241. The molecule has 0 aliphatic heterocycles. The quantitative estimate of drug-likeness (QED) is 0.299. The van der Waals surface area contributed by atoms with E-state index >= 15 is 0 Å². The first kappa shape index (κ1) is 14.9. The van der Waals surface area contributed by atoms with Gasteiger partial charge in [0.1, 0.15) is 10.7 Å². The highest BCUT2D eigenvalue weighted by Gasteiger charge is 2.08. The molecule has 90 valence electrons. The Morgan fingerprint density at radius 3 is 2.38 bits per heavy atom. The van der Waals surface area contributed by atoms with Crippen molar-refractivity contribution in [3.8, 4) is 0 Å². The molecule has 0 fully saturated rings. The summed E-state index contributed by atoms with van der Waals surface area (Å²) in [5.41, 5.74) is 6.02. The highest BCUT2D eigenvalue weighted by Crippen LogP contribution is 2.05. The number of nitrogens with two attached hydrogens (primary N) is 1. The Bertz CT molecular complexity index is 349. The van der Waals surface area contributed by atoms with Gasteiger partial charge in [0.25, 0.3) is 0 Å². The largest absolute Gasteiger partial charge is 0.393 e. The van der Waals surface area contributed by atoms with Gasteiger partial charge in [0, 0.05) is 14.0 Å². The fraction of sp³-hybridized carbons (Fsp3) is 0.444. The molecule has 7 heteroatoms. The van der Waals surface area contributed by atoms with E-state index in [1.807, 2.05) is 13.2 Å². The van der Waals surface area contributed by atoms with Crippen molar-refractivity contribution in [1.82, 2.24) is 10.6 Å². The number of nitrogens with zero attached hydrogens (tertiary/aromatic N) is 1. The minimum atomic E-state index is -0.241. The summed E-state index contributed by atoms with van der Waals surface area (Å²) < 4.78 is 0. The summed E-state index contributed by atoms with van der Waals surface area (Å²) in [7, 11) is 1.66. The van der Waals surface area contributed by atoms with E-state index in [1.165, 1.54) is 18.7 Å². The lowest BCUT2D eigenvalue weighted by Gasteiger charge is -2.09. The zero-order chi connectivity index (χ0) is 12.7. The second-order valence-corrected chi connectivity index (χ2v) is 4.26. The lowest BCUT2D eigenvalue weighted by Crippen LogP contribution is -2.30. The molecule has 0 aromatic heterocycles. The van der Waals surface area contributed by atoms with Crippen LogP contribution in [0.1, 0.15) is 13.8 Å². The van der Waals surface area contributed by atoms with Crippen LogP contribution >= 0.6 is 24.0 Å². The van der Waals surface area contributed by atoms with Gasteiger partial charge in [-0.3, -0.25) is 4.79 Å². The van der Waals surface area contributed by atoms with Gasteiger partial charge >= 0.3 is 0 Å². The van der Waals surface area contributed by atoms with Crippen LogP contribution in [-0.2, 0) is 4.79 Å². The van der Waals surface area contributed by atoms with Crippen LogP contribution in [0, 0.1) is 0 Å². The first-order valence-electron chi connectivity index (χ1n) is 4.51. The Balaban J connectivity index is 5.22. The molecule has 0 radical (unpaired) electrons. The Morgan fingerprint density at radius 1 is 1.44 bits per heavy atom. The predicted molar refractivity (Wildman–Crippen MR) is 73.3 cm³/mol. The molecule has 0 aliphatic rings. The second-order valence-electron chi connectivity index (χ2n) is 2.86. The van der Waals surface area contributed by atoms with Gasteiger partial charge in [0.15, 0.2) is 5.82 Å². The fourth-order valence-corrected chi connectivity index (χ4v) is 1.05. The molecule has 0 saturated heterocycles. The van der Waals surface area contributed by atoms with Crippen LogP contribution < -0.4 is 16.4 Å². The van der Waals surface area contributed by atoms with Crippen LogP contribution in [0.25, 0.3) is 0 Å². The summed E-state index contributed by atoms with van der Waals surface area (Å²) in [5.74, 6) is 0.0354. The molecule has 0 unspecified atom stereocenters. The maximum atomic E-state index is 11.0. The molecule has 16 heavy (non-hydrogen) atoms. The monoisotopic (exact) mass is 260 g/mol. The number of thioether (sulfide) groups is 1. The van der Waals surface area contributed by atoms with Crippen LogP contribution in [0.5, 0.6) is 0 Å². The molecule has 4 N–H and O–H groups in total. The Kier molecular flexibility index (Phi) is 6.75. The van der Waals surface area contributed by atoms with Gasteiger partial charge < -0.3 is 16.4 Å². The van der Waals surface area contributed by atoms with E-state index in [2.05, 4.69) is 15.6 Å². The molecule has 5 nitrogen and oxygen atoms in total. The summed E-state index contributed by atoms with van der Waals surface area (Å²) in [6, 6.07) is 0. The summed E-state index contributed by atoms with van der Waals surface area (Å²) >= 11 is 6.44. The van der Waals surface area contributed by atoms with E-state index in [-0.39, 0.29) is 17.4 Å². The molecule has 0 aromatic carbocycles. The Morgan fingerprint density at radius 2 is 2.00 bits per heavy atom. The maximum Gasteiger partial charge on any atom is 0.222 e. The third-order valence-electron chi connectivity index (χ3n) is 1.59. The highest BCUT2D eigenvalue weighted by molar-refractivity contribution is 8.13. The zero-order valence-electron chi connectivity index (χ0n) is 9.75. The number of thiocarbonyl (C=S) groups is 1. The Hall–Kier alpha value is -1.08. The van der Waals surface area contributed by atoms with E-state index < -0.39 is 0 Å². The van der Waals surface area contributed by atoms with Crippen molar-refractivity contribution in [2.45, 2.75) is 13.8 Å². The second kappa shape index (κ2) is 7.24. The van der Waals surface area contributed by atoms with Crippen LogP contribution in [0.4, 0.5) is 0 Å². The van der Waals surface area contributed by atoms with E-state index in [0.717, 1.165) is 5.04 Å². The fourth-order valence-electron chi connectivity index (χ4n) is 0.768. The summed E-state index contributed by atoms with van der Waals surface area (Å²) in [4.78, 5) is 15.5. The average Bonchev–Trinajstić information content (AvgIpc) is 2.25. The van der Waals surface area contributed by atoms with Crippen molar-refractivity contribution >= 4 is 39.9 Å². The van der Waals surface area contributed by atoms with Gasteiger partial charge in [0.05, 0.1) is 5.04 Å². The number of hydrogen-bond donors (Lipinski definition) is 3. The highest BCUT2D eigenvalue weighted by atomic mass is 32.2. The van der Waals surface area contributed by atoms with Crippen LogP contribution in [0.3, 0.4) is 0 Å². The third-order valence-corrected chi connectivity index (χ3v) is 2.69. The molecule has 0 saturated carbocycles. The van der Waals surface area contributed by atoms with E-state index in [9.17, 15) is 4.79 Å². The van der Waals surface area contributed by atoms with E-state index in [1.54, 1.807) is 7.05 Å². The van der Waals surface area contributed by atoms with Gasteiger partial charge in [0.2, 0.25) is 5.91 Å². The molecule has 0 atom stereocenters. The number of aliphatic imine (C=N–C) groups is 1. The van der Waals surface area contributed by atoms with Gasteiger partial charge in [-0.15, -0.1) is 11.8 Å². The maximum absolute atomic E-state index is 11.0. The van der Waals surface area contributed by atoms with Crippen molar-refractivity contribution in [2.24, 2.45) is 10.7 Å². The van der Waals surface area contributed by atoms with Crippen molar-refractivity contribution < 1.29 is 4.79 Å². The normalized spacial score (nSPS) is 12.9. The molecule has 0 rings (SSSR count). The first-order chi connectivity index (χ1) is 7.42. The SMILES string of the molecule is CNC(=S)/C(N)=C(/N=C(C)SC)NC(C)=O. The van der Waals surface area contributed by atoms with Gasteiger partial charge in [-0.2, -0.15) is 0 Å². The van der Waals surface area contributed by atoms with E-state index in [0.29, 0.717) is 4.99 Å². The zero-order valence-corrected chi connectivity index (χ0v) is 11.4. The van der Waals surface area contributed by atoms with Crippen LogP contribution in [0.15, 0.2) is 16.5 Å². The smallest absolute Gasteiger partial charge is 0.222 e. The standard InChI is InChI=1S/C9H16N4OS2/c1-5(14)12-8(13-6(2)16-4)7(10)9(15)11-3/h10H2,1-4H3,(H,11,15)(H,12,14)/b8-7-,13-6?. The number of amides is 1. The van der Waals surface area contributed by atoms with Gasteiger partial charge in [-0.1, -0.05) is 12.2 Å². The number of nitrogens with one attached hydrogen (secondary N) is 2. The molecule has 0 spiro atoms. The number of likely N-dealkylation sites (N-methyl/N-ethyl adjacent to an activating group) is 1. The molecular weight excluding hydrogens is 244 g/mol. The van der Waals surface area contributed by atoms with Crippen LogP contribution in [0.2, 0.25) is 0 Å². The van der Waals surface area contributed by atoms with Crippen molar-refractivity contribution in [2.75, 3.05) is 13.3 Å². The number of carbonyl (C=O) groups excluding carboxylic acids is 1. The number of rotatable bonds is 3. The third kappa shape index (κ3) is 5.13. The molecule has 0 aromatic rings. The summed E-state index contributed by atoms with van der Waals surface area (Å²) in [6.45, 7) is 3.21. The Labute approximate surface area is 105 Å². The van der Waals surface area contributed by atoms with Crippen molar-refractivity contribution in [1.29, 1.82) is 0 Å². The summed E-state index contributed by atoms with van der Waals surface area (Å²) in [5, 5.41) is 6.06. The molecule has 0 heterocycles. The predicted octanol–water partition coefficient (Wildman–Crippen LogP) is 0.579. The summed E-state index contributed by atoms with van der Waals surface area (Å²) in [6.07, 6.45) is 1.89. The van der Waals surface area contributed by atoms with E-state index in [4.69, 9.17) is 18.0 Å². The topological polar surface area (TPSA) is 79.5 Å². The number of carbonyl (C=O) groups is 1. The van der Waals surface area contributed by atoms with Gasteiger partial charge in [-0.05, 0) is 13.2 Å². The van der Waals surface area contributed by atoms with Crippen LogP contribution in [-0.4, -0.2) is 29.2 Å². The minimum Gasteiger partial charge on any atom is -0.393 e. The average molecular weight is 260 g/mol. The molecule has 1 amide bonds. The number of hydrogen-bond acceptors (Lipinski definition) is 5. The first-order valence-corrected chi connectivity index (χ1v) is 6.14.